The Bertz CT molecular complexity index is 542. The lowest BCUT2D eigenvalue weighted by molar-refractivity contribution is 0.305. The van der Waals surface area contributed by atoms with E-state index in [0.29, 0.717) is 6.61 Å². The third kappa shape index (κ3) is 3.81. The fourth-order valence-corrected chi connectivity index (χ4v) is 3.51. The van der Waals surface area contributed by atoms with Crippen LogP contribution in [0.3, 0.4) is 0 Å². The summed E-state index contributed by atoms with van der Waals surface area (Å²) in [4.78, 5) is 1.23. The molecule has 0 spiro atoms. The van der Waals surface area contributed by atoms with E-state index >= 15 is 0 Å². The van der Waals surface area contributed by atoms with Crippen LogP contribution in [0.4, 0.5) is 0 Å². The van der Waals surface area contributed by atoms with Gasteiger partial charge in [-0.25, -0.2) is 0 Å². The average molecular weight is 340 g/mol. The highest BCUT2D eigenvalue weighted by Crippen LogP contribution is 2.27. The first-order valence-corrected chi connectivity index (χ1v) is 7.88. The van der Waals surface area contributed by atoms with Crippen LogP contribution in [0.25, 0.3) is 0 Å². The predicted octanol–water partition coefficient (Wildman–Crippen LogP) is 4.43. The summed E-state index contributed by atoms with van der Waals surface area (Å²) in [5.74, 6) is 1.00. The highest BCUT2D eigenvalue weighted by atomic mass is 79.9. The van der Waals surface area contributed by atoms with Gasteiger partial charge in [0.05, 0.1) is 0 Å². The van der Waals surface area contributed by atoms with Crippen LogP contribution in [0.5, 0.6) is 5.75 Å². The Morgan fingerprint density at radius 2 is 1.89 bits per heavy atom. The van der Waals surface area contributed by atoms with E-state index in [1.54, 1.807) is 11.3 Å². The molecule has 0 radical (unpaired) electrons. The normalized spacial score (nSPS) is 10.7. The van der Waals surface area contributed by atoms with Crippen molar-refractivity contribution in [2.75, 3.05) is 7.05 Å². The van der Waals surface area contributed by atoms with E-state index in [4.69, 9.17) is 4.74 Å². The van der Waals surface area contributed by atoms with E-state index in [9.17, 15) is 0 Å². The van der Waals surface area contributed by atoms with Crippen LogP contribution in [0, 0.1) is 13.8 Å². The summed E-state index contributed by atoms with van der Waals surface area (Å²) >= 11 is 5.17. The minimum Gasteiger partial charge on any atom is -0.488 e. The van der Waals surface area contributed by atoms with Gasteiger partial charge in [0.1, 0.15) is 12.4 Å². The summed E-state index contributed by atoms with van der Waals surface area (Å²) in [7, 11) is 1.96. The number of ether oxygens (including phenoxy) is 1. The highest BCUT2D eigenvalue weighted by molar-refractivity contribution is 9.10. The first kappa shape index (κ1) is 14.6. The Hall–Kier alpha value is -0.840. The Morgan fingerprint density at radius 3 is 2.42 bits per heavy atom. The molecule has 1 heterocycles. The third-order valence-electron chi connectivity index (χ3n) is 2.88. The van der Waals surface area contributed by atoms with Crippen molar-refractivity contribution in [1.82, 2.24) is 5.32 Å². The minimum absolute atomic E-state index is 0.628. The molecule has 19 heavy (non-hydrogen) atoms. The van der Waals surface area contributed by atoms with E-state index in [1.165, 1.54) is 21.6 Å². The Labute approximate surface area is 126 Å². The van der Waals surface area contributed by atoms with Gasteiger partial charge in [-0.15, -0.1) is 11.3 Å². The third-order valence-corrected chi connectivity index (χ3v) is 4.55. The molecule has 1 aromatic carbocycles. The van der Waals surface area contributed by atoms with Crippen LogP contribution in [0.15, 0.2) is 28.1 Å². The molecule has 0 aliphatic heterocycles. The number of nitrogens with one attached hydrogen (secondary N) is 1. The molecule has 0 atom stereocenters. The minimum atomic E-state index is 0.628. The molecule has 0 fully saturated rings. The zero-order valence-electron chi connectivity index (χ0n) is 11.4. The van der Waals surface area contributed by atoms with Crippen molar-refractivity contribution in [3.8, 4) is 5.75 Å². The van der Waals surface area contributed by atoms with Crippen LogP contribution < -0.4 is 10.1 Å². The maximum Gasteiger partial charge on any atom is 0.125 e. The van der Waals surface area contributed by atoms with Crippen molar-refractivity contribution in [3.05, 3.63) is 49.6 Å². The zero-order valence-corrected chi connectivity index (χ0v) is 13.8. The smallest absolute Gasteiger partial charge is 0.125 e. The first-order valence-electron chi connectivity index (χ1n) is 6.20. The van der Waals surface area contributed by atoms with Gasteiger partial charge in [-0.2, -0.15) is 0 Å². The van der Waals surface area contributed by atoms with Gasteiger partial charge in [0, 0.05) is 21.3 Å². The number of thiophene rings is 1. The molecule has 1 aromatic heterocycles. The number of aryl methyl sites for hydroxylation is 2. The largest absolute Gasteiger partial charge is 0.488 e. The number of halogens is 1. The lowest BCUT2D eigenvalue weighted by atomic mass is 10.1. The average Bonchev–Trinajstić information content (AvgIpc) is 2.74. The zero-order chi connectivity index (χ0) is 13.8. The highest BCUT2D eigenvalue weighted by Gasteiger charge is 2.07. The molecule has 0 saturated heterocycles. The molecule has 0 aliphatic rings. The summed E-state index contributed by atoms with van der Waals surface area (Å²) in [5.41, 5.74) is 3.69. The van der Waals surface area contributed by atoms with Crippen LogP contribution in [0.2, 0.25) is 0 Å². The van der Waals surface area contributed by atoms with E-state index < -0.39 is 0 Å². The predicted molar refractivity (Wildman–Crippen MR) is 85.0 cm³/mol. The maximum atomic E-state index is 5.97. The van der Waals surface area contributed by atoms with Crippen molar-refractivity contribution in [3.63, 3.8) is 0 Å². The SMILES string of the molecule is CNCc1cc(C)c(OCc2cc(Br)cs2)c(C)c1. The summed E-state index contributed by atoms with van der Waals surface area (Å²) in [5, 5.41) is 5.25. The lowest BCUT2D eigenvalue weighted by Gasteiger charge is -2.13. The van der Waals surface area contributed by atoms with E-state index in [-0.39, 0.29) is 0 Å². The van der Waals surface area contributed by atoms with Crippen molar-refractivity contribution >= 4 is 27.3 Å². The quantitative estimate of drug-likeness (QED) is 0.870. The number of rotatable bonds is 5. The van der Waals surface area contributed by atoms with Gasteiger partial charge in [0.2, 0.25) is 0 Å². The molecule has 0 amide bonds. The Kier molecular flexibility index (Phi) is 5.02. The summed E-state index contributed by atoms with van der Waals surface area (Å²) < 4.78 is 7.09. The molecule has 2 nitrogen and oxygen atoms in total. The fourth-order valence-electron chi connectivity index (χ4n) is 2.15. The van der Waals surface area contributed by atoms with E-state index in [0.717, 1.165) is 16.8 Å². The van der Waals surface area contributed by atoms with Crippen molar-refractivity contribution in [2.45, 2.75) is 27.0 Å². The Morgan fingerprint density at radius 1 is 1.21 bits per heavy atom. The van der Waals surface area contributed by atoms with Gasteiger partial charge >= 0.3 is 0 Å². The number of benzene rings is 1. The van der Waals surface area contributed by atoms with Crippen LogP contribution >= 0.6 is 27.3 Å². The molecule has 0 aliphatic carbocycles. The topological polar surface area (TPSA) is 21.3 Å². The van der Waals surface area contributed by atoms with Crippen molar-refractivity contribution in [2.24, 2.45) is 0 Å². The fraction of sp³-hybridized carbons (Fsp3) is 0.333. The molecule has 0 saturated carbocycles. The number of hydrogen-bond donors (Lipinski definition) is 1. The molecule has 102 valence electrons. The van der Waals surface area contributed by atoms with Crippen LogP contribution in [0.1, 0.15) is 21.6 Å². The molecule has 0 unspecified atom stereocenters. The van der Waals surface area contributed by atoms with Crippen molar-refractivity contribution < 1.29 is 4.74 Å². The molecular weight excluding hydrogens is 322 g/mol. The van der Waals surface area contributed by atoms with E-state index in [1.807, 2.05) is 7.05 Å². The lowest BCUT2D eigenvalue weighted by Crippen LogP contribution is -2.06. The second-order valence-electron chi connectivity index (χ2n) is 4.61. The molecule has 0 bridgehead atoms. The van der Waals surface area contributed by atoms with Gasteiger partial charge in [0.25, 0.3) is 0 Å². The molecule has 1 N–H and O–H groups in total. The summed E-state index contributed by atoms with van der Waals surface area (Å²) in [6.45, 7) is 5.72. The van der Waals surface area contributed by atoms with Gasteiger partial charge in [-0.3, -0.25) is 0 Å². The molecular formula is C15H18BrNOS. The standard InChI is InChI=1S/C15H18BrNOS/c1-10-4-12(7-17-3)5-11(2)15(10)18-8-14-6-13(16)9-19-14/h4-6,9,17H,7-8H2,1-3H3. The Balaban J connectivity index is 2.11. The maximum absolute atomic E-state index is 5.97. The molecule has 4 heteroatoms. The molecule has 2 aromatic rings. The summed E-state index contributed by atoms with van der Waals surface area (Å²) in [6.07, 6.45) is 0. The second kappa shape index (κ2) is 6.55. The van der Waals surface area contributed by atoms with Gasteiger partial charge < -0.3 is 10.1 Å². The van der Waals surface area contributed by atoms with Gasteiger partial charge in [-0.1, -0.05) is 12.1 Å². The van der Waals surface area contributed by atoms with Crippen LogP contribution in [-0.2, 0) is 13.2 Å². The first-order chi connectivity index (χ1) is 9.10. The summed E-state index contributed by atoms with van der Waals surface area (Å²) in [6, 6.07) is 6.47. The molecule has 2 rings (SSSR count). The van der Waals surface area contributed by atoms with Gasteiger partial charge in [-0.05, 0) is 59.6 Å². The van der Waals surface area contributed by atoms with Gasteiger partial charge in [0.15, 0.2) is 0 Å². The number of hydrogen-bond acceptors (Lipinski definition) is 3. The van der Waals surface area contributed by atoms with E-state index in [2.05, 4.69) is 58.7 Å². The second-order valence-corrected chi connectivity index (χ2v) is 6.52. The van der Waals surface area contributed by atoms with Crippen LogP contribution in [-0.4, -0.2) is 7.05 Å². The van der Waals surface area contributed by atoms with Crippen molar-refractivity contribution in [1.29, 1.82) is 0 Å². The monoisotopic (exact) mass is 339 g/mol.